The van der Waals surface area contributed by atoms with Gasteiger partial charge < -0.3 is 22.4 Å². The predicted molar refractivity (Wildman–Crippen MR) is 44.0 cm³/mol. The van der Waals surface area contributed by atoms with Gasteiger partial charge in [0.25, 0.3) is 0 Å². The molecule has 1 aromatic heterocycles. The molecule has 2 rings (SSSR count). The number of hydrogen-bond acceptors (Lipinski definition) is 3. The van der Waals surface area contributed by atoms with Crippen LogP contribution in [0.4, 0.5) is 12.9 Å². The molecule has 0 spiro atoms. The Bertz CT molecular complexity index is 322. The van der Waals surface area contributed by atoms with E-state index >= 15 is 0 Å². The van der Waals surface area contributed by atoms with Gasteiger partial charge >= 0.3 is 6.98 Å². The summed E-state index contributed by atoms with van der Waals surface area (Å²) in [5, 5.41) is 1.33. The van der Waals surface area contributed by atoms with E-state index < -0.39 is 11.8 Å². The lowest BCUT2D eigenvalue weighted by atomic mass is 9.88. The number of hydrogen-bond donors (Lipinski definition) is 0. The maximum absolute atomic E-state index is 12.3. The molecule has 0 radical (unpaired) electrons. The van der Waals surface area contributed by atoms with E-state index in [9.17, 15) is 12.9 Å². The Morgan fingerprint density at radius 3 is 2.62 bits per heavy atom. The van der Waals surface area contributed by atoms with Crippen molar-refractivity contribution in [3.63, 3.8) is 0 Å². The quantitative estimate of drug-likeness (QED) is 0.653. The molecule has 0 amide bonds. The average Bonchev–Trinajstić information content (AvgIpc) is 2.45. The summed E-state index contributed by atoms with van der Waals surface area (Å²) < 4.78 is 46.3. The van der Waals surface area contributed by atoms with E-state index in [1.807, 2.05) is 0 Å². The van der Waals surface area contributed by atoms with Crippen LogP contribution in [-0.4, -0.2) is 20.2 Å². The highest BCUT2D eigenvalue weighted by molar-refractivity contribution is 7.23. The van der Waals surface area contributed by atoms with Crippen molar-refractivity contribution in [2.75, 3.05) is 13.2 Å². The summed E-state index contributed by atoms with van der Waals surface area (Å²) in [6.45, 7) is -4.48. The molecule has 0 aromatic carbocycles. The second-order valence-corrected chi connectivity index (χ2v) is 3.48. The number of rotatable bonds is 1. The van der Waals surface area contributed by atoms with Crippen LogP contribution in [0, 0.1) is 0 Å². The number of fused-ring (bicyclic) bond motifs is 1. The molecule has 7 heteroatoms. The third kappa shape index (κ3) is 1.48. The zero-order valence-electron chi connectivity index (χ0n) is 6.43. The van der Waals surface area contributed by atoms with Gasteiger partial charge in [0.2, 0.25) is 0 Å². The molecule has 0 unspecified atom stereocenters. The first-order valence-corrected chi connectivity index (χ1v) is 4.54. The average molecular weight is 209 g/mol. The van der Waals surface area contributed by atoms with E-state index in [0.29, 0.717) is 17.9 Å². The summed E-state index contributed by atoms with van der Waals surface area (Å²) in [7, 11) is 0. The highest BCUT2D eigenvalue weighted by atomic mass is 32.1. The third-order valence-corrected chi connectivity index (χ3v) is 2.66. The molecule has 13 heavy (non-hydrogen) atoms. The second kappa shape index (κ2) is 2.83. The van der Waals surface area contributed by atoms with Crippen molar-refractivity contribution in [2.24, 2.45) is 0 Å². The fraction of sp³-hybridized carbons (Fsp3) is 0.333. The van der Waals surface area contributed by atoms with Crippen LogP contribution in [0.2, 0.25) is 0 Å². The standard InChI is InChI=1S/C6H5BF3O2S/c8-7(9,10)6-5-4(3-13-6)11-1-2-12-5/h3H,1-2H2/q-1. The van der Waals surface area contributed by atoms with Gasteiger partial charge in [0, 0.05) is 5.38 Å². The number of ether oxygens (including phenoxy) is 2. The van der Waals surface area contributed by atoms with E-state index in [1.54, 1.807) is 0 Å². The molecule has 2 nitrogen and oxygen atoms in total. The maximum Gasteiger partial charge on any atom is 0.523 e. The van der Waals surface area contributed by atoms with E-state index in [2.05, 4.69) is 0 Å². The van der Waals surface area contributed by atoms with Gasteiger partial charge in [-0.2, -0.15) is 11.3 Å². The molecule has 0 N–H and O–H groups in total. The van der Waals surface area contributed by atoms with E-state index in [0.717, 1.165) is 0 Å². The summed E-state index contributed by atoms with van der Waals surface area (Å²) >= 11 is 0.625. The Morgan fingerprint density at radius 1 is 1.23 bits per heavy atom. The van der Waals surface area contributed by atoms with Gasteiger partial charge in [0.05, 0.1) is 0 Å². The normalized spacial score (nSPS) is 15.9. The molecule has 1 aromatic rings. The molecular weight excluding hydrogens is 204 g/mol. The minimum absolute atomic E-state index is 0.135. The second-order valence-electron chi connectivity index (χ2n) is 2.57. The molecule has 0 saturated carbocycles. The van der Waals surface area contributed by atoms with Crippen LogP contribution in [0.3, 0.4) is 0 Å². The summed E-state index contributed by atoms with van der Waals surface area (Å²) in [6, 6.07) is 0. The Balaban J connectivity index is 2.43. The lowest BCUT2D eigenvalue weighted by Gasteiger charge is -2.20. The van der Waals surface area contributed by atoms with E-state index in [4.69, 9.17) is 9.47 Å². The van der Waals surface area contributed by atoms with Crippen molar-refractivity contribution in [1.82, 2.24) is 0 Å². The zero-order chi connectivity index (χ0) is 9.47. The Morgan fingerprint density at radius 2 is 1.92 bits per heavy atom. The van der Waals surface area contributed by atoms with Crippen molar-refractivity contribution in [1.29, 1.82) is 0 Å². The fourth-order valence-electron chi connectivity index (χ4n) is 1.11. The van der Waals surface area contributed by atoms with Crippen molar-refractivity contribution >= 4 is 23.1 Å². The lowest BCUT2D eigenvalue weighted by molar-refractivity contribution is 0.174. The largest absolute Gasteiger partial charge is 0.523 e. The first kappa shape index (κ1) is 8.74. The highest BCUT2D eigenvalue weighted by Crippen LogP contribution is 2.35. The van der Waals surface area contributed by atoms with Crippen LogP contribution >= 0.6 is 11.3 Å². The molecule has 0 bridgehead atoms. The molecule has 0 aliphatic carbocycles. The summed E-state index contributed by atoms with van der Waals surface area (Å²) in [4.78, 5) is 0. The first-order valence-electron chi connectivity index (χ1n) is 3.66. The van der Waals surface area contributed by atoms with Crippen molar-refractivity contribution in [2.45, 2.75) is 0 Å². The van der Waals surface area contributed by atoms with E-state index in [-0.39, 0.29) is 18.1 Å². The molecule has 72 valence electrons. The topological polar surface area (TPSA) is 18.5 Å². The van der Waals surface area contributed by atoms with Crippen LogP contribution in [-0.2, 0) is 0 Å². The van der Waals surface area contributed by atoms with Gasteiger partial charge in [-0.1, -0.05) is 0 Å². The summed E-state index contributed by atoms with van der Waals surface area (Å²) in [6.07, 6.45) is 0. The minimum Gasteiger partial charge on any atom is -0.488 e. The lowest BCUT2D eigenvalue weighted by Crippen LogP contribution is -2.33. The van der Waals surface area contributed by atoms with Gasteiger partial charge in [0.1, 0.15) is 19.0 Å². The number of thiophene rings is 1. The van der Waals surface area contributed by atoms with E-state index in [1.165, 1.54) is 5.38 Å². The Hall–Kier alpha value is -0.845. The van der Waals surface area contributed by atoms with Gasteiger partial charge in [-0.3, -0.25) is 0 Å². The van der Waals surface area contributed by atoms with Gasteiger partial charge in [-0.05, 0) is 4.78 Å². The fourth-order valence-corrected chi connectivity index (χ4v) is 1.94. The van der Waals surface area contributed by atoms with Crippen LogP contribution in [0.1, 0.15) is 0 Å². The SMILES string of the molecule is F[B-](F)(F)c1scc2c1OCCO2. The number of halogens is 3. The molecule has 1 aliphatic heterocycles. The Kier molecular flexibility index (Phi) is 1.90. The van der Waals surface area contributed by atoms with Gasteiger partial charge in [-0.15, -0.1) is 0 Å². The van der Waals surface area contributed by atoms with Gasteiger partial charge in [-0.25, -0.2) is 0 Å². The van der Waals surface area contributed by atoms with Crippen molar-refractivity contribution in [3.05, 3.63) is 5.38 Å². The predicted octanol–water partition coefficient (Wildman–Crippen LogP) is 1.57. The molecule has 2 heterocycles. The molecule has 0 fully saturated rings. The van der Waals surface area contributed by atoms with Crippen molar-refractivity contribution in [3.8, 4) is 11.5 Å². The van der Waals surface area contributed by atoms with Crippen LogP contribution in [0.25, 0.3) is 0 Å². The third-order valence-electron chi connectivity index (χ3n) is 1.63. The first-order chi connectivity index (χ1) is 6.09. The molecular formula is C6H5BF3O2S-. The van der Waals surface area contributed by atoms with Crippen LogP contribution < -0.4 is 14.3 Å². The molecule has 1 aliphatic rings. The molecule has 0 atom stereocenters. The van der Waals surface area contributed by atoms with Gasteiger partial charge in [0.15, 0.2) is 5.75 Å². The minimum atomic E-state index is -4.98. The highest BCUT2D eigenvalue weighted by Gasteiger charge is 2.34. The summed E-state index contributed by atoms with van der Waals surface area (Å²) in [5.41, 5.74) is 0. The smallest absolute Gasteiger partial charge is 0.488 e. The zero-order valence-corrected chi connectivity index (χ0v) is 7.24. The van der Waals surface area contributed by atoms with Crippen molar-refractivity contribution < 1.29 is 22.4 Å². The summed E-state index contributed by atoms with van der Waals surface area (Å²) in [5.74, 6) is 0.0780. The molecule has 0 saturated heterocycles. The van der Waals surface area contributed by atoms with Crippen LogP contribution in [0.5, 0.6) is 11.5 Å². The Labute approximate surface area is 76.3 Å². The van der Waals surface area contributed by atoms with Crippen LogP contribution in [0.15, 0.2) is 5.38 Å². The monoisotopic (exact) mass is 209 g/mol. The maximum atomic E-state index is 12.3.